The fraction of sp³-hybridized carbons (Fsp3) is 0.862. The zero-order chi connectivity index (χ0) is 29.3. The molecule has 0 bridgehead atoms. The molecule has 5 N–H and O–H groups in total. The number of aliphatic hydroxyl groups excluding tert-OH is 1. The number of carboxylic acid groups (broad SMARTS) is 1. The van der Waals surface area contributed by atoms with Crippen LogP contribution in [0.3, 0.4) is 0 Å². The normalized spacial score (nSPS) is 16.5. The maximum Gasteiger partial charge on any atom is 0.407 e. The summed E-state index contributed by atoms with van der Waals surface area (Å²) in [6.07, 6.45) is 9.80. The molecule has 39 heavy (non-hydrogen) atoms. The molecule has 1 saturated carbocycles. The number of nitrogens with one attached hydrogen (secondary N) is 3. The molecule has 0 radical (unpaired) electrons. The summed E-state index contributed by atoms with van der Waals surface area (Å²) in [6, 6.07) is -1.70. The van der Waals surface area contributed by atoms with Crippen LogP contribution in [0.1, 0.15) is 124 Å². The number of carbonyl (C=O) groups is 4. The summed E-state index contributed by atoms with van der Waals surface area (Å²) < 4.78 is 5.37. The van der Waals surface area contributed by atoms with Crippen molar-refractivity contribution in [2.75, 3.05) is 6.54 Å². The predicted molar refractivity (Wildman–Crippen MR) is 150 cm³/mol. The zero-order valence-corrected chi connectivity index (χ0v) is 24.6. The first-order valence-electron chi connectivity index (χ1n) is 14.9. The van der Waals surface area contributed by atoms with Crippen LogP contribution in [0.15, 0.2) is 0 Å². The van der Waals surface area contributed by atoms with Crippen LogP contribution in [0.5, 0.6) is 0 Å². The first-order chi connectivity index (χ1) is 18.4. The number of ether oxygens (including phenoxy) is 1. The van der Waals surface area contributed by atoms with E-state index >= 15 is 0 Å². The molecule has 0 heterocycles. The fourth-order valence-corrected chi connectivity index (χ4v) is 4.92. The standard InChI is InChI=1S/C29H53N3O7/c1-5-6-7-8-9-13-18-30-27(37)22(16-17-26(35)36)31-25(34)20-24(33)23(19-21-14-11-10-12-15-21)32-28(38)39-29(2,3)4/h21-24,33H,5-20H2,1-4H3,(H,30,37)(H,31,34)(H,32,38)(H,35,36)/t22-,23?,24?/m0/s1. The van der Waals surface area contributed by atoms with Crippen molar-refractivity contribution in [3.8, 4) is 0 Å². The maximum atomic E-state index is 12.9. The summed E-state index contributed by atoms with van der Waals surface area (Å²) in [7, 11) is 0. The molecule has 1 fully saturated rings. The molecular formula is C29H53N3O7. The fourth-order valence-electron chi connectivity index (χ4n) is 4.92. The third-order valence-corrected chi connectivity index (χ3v) is 7.00. The van der Waals surface area contributed by atoms with E-state index in [1.54, 1.807) is 20.8 Å². The first kappa shape index (κ1) is 34.7. The first-order valence-corrected chi connectivity index (χ1v) is 14.9. The number of unbranched alkanes of at least 4 members (excludes halogenated alkanes) is 5. The van der Waals surface area contributed by atoms with Crippen molar-refractivity contribution in [1.82, 2.24) is 16.0 Å². The lowest BCUT2D eigenvalue weighted by Gasteiger charge is -2.31. The van der Waals surface area contributed by atoms with Crippen molar-refractivity contribution in [1.29, 1.82) is 0 Å². The lowest BCUT2D eigenvalue weighted by Crippen LogP contribution is -2.50. The van der Waals surface area contributed by atoms with Gasteiger partial charge in [-0.3, -0.25) is 14.4 Å². The Morgan fingerprint density at radius 3 is 2.21 bits per heavy atom. The van der Waals surface area contributed by atoms with Crippen molar-refractivity contribution in [3.63, 3.8) is 0 Å². The summed E-state index contributed by atoms with van der Waals surface area (Å²) >= 11 is 0. The van der Waals surface area contributed by atoms with Crippen LogP contribution in [0.4, 0.5) is 4.79 Å². The van der Waals surface area contributed by atoms with Crippen LogP contribution in [0.2, 0.25) is 0 Å². The van der Waals surface area contributed by atoms with Crippen molar-refractivity contribution in [2.24, 2.45) is 5.92 Å². The van der Waals surface area contributed by atoms with Gasteiger partial charge in [0.1, 0.15) is 11.6 Å². The van der Waals surface area contributed by atoms with Gasteiger partial charge in [-0.1, -0.05) is 71.1 Å². The van der Waals surface area contributed by atoms with Gasteiger partial charge in [0, 0.05) is 13.0 Å². The summed E-state index contributed by atoms with van der Waals surface area (Å²) in [4.78, 5) is 49.2. The minimum absolute atomic E-state index is 0.0544. The lowest BCUT2D eigenvalue weighted by molar-refractivity contribution is -0.138. The highest BCUT2D eigenvalue weighted by Crippen LogP contribution is 2.28. The molecule has 0 aliphatic heterocycles. The van der Waals surface area contributed by atoms with E-state index in [1.807, 2.05) is 0 Å². The van der Waals surface area contributed by atoms with Crippen molar-refractivity contribution in [3.05, 3.63) is 0 Å². The van der Waals surface area contributed by atoms with E-state index < -0.39 is 47.7 Å². The Bertz CT molecular complexity index is 748. The Hall–Kier alpha value is -2.36. The van der Waals surface area contributed by atoms with Gasteiger partial charge < -0.3 is 30.9 Å². The second-order valence-corrected chi connectivity index (χ2v) is 11.9. The Morgan fingerprint density at radius 2 is 1.59 bits per heavy atom. The number of amides is 3. The highest BCUT2D eigenvalue weighted by atomic mass is 16.6. The molecule has 1 rings (SSSR count). The largest absolute Gasteiger partial charge is 0.481 e. The summed E-state index contributed by atoms with van der Waals surface area (Å²) in [5.74, 6) is -1.75. The minimum Gasteiger partial charge on any atom is -0.481 e. The molecule has 1 aliphatic rings. The van der Waals surface area contributed by atoms with Crippen LogP contribution < -0.4 is 16.0 Å². The van der Waals surface area contributed by atoms with Gasteiger partial charge in [-0.15, -0.1) is 0 Å². The summed E-state index contributed by atoms with van der Waals surface area (Å²) in [5, 5.41) is 28.2. The molecule has 226 valence electrons. The molecule has 0 aromatic heterocycles. The number of aliphatic hydroxyl groups is 1. The molecule has 10 heteroatoms. The molecule has 0 aromatic rings. The van der Waals surface area contributed by atoms with E-state index in [1.165, 1.54) is 12.8 Å². The minimum atomic E-state index is -1.19. The predicted octanol–water partition coefficient (Wildman–Crippen LogP) is 4.43. The van der Waals surface area contributed by atoms with Gasteiger partial charge in [0.25, 0.3) is 0 Å². The van der Waals surface area contributed by atoms with Crippen molar-refractivity contribution in [2.45, 2.75) is 148 Å². The average molecular weight is 556 g/mol. The molecule has 0 aromatic carbocycles. The van der Waals surface area contributed by atoms with Gasteiger partial charge in [-0.05, 0) is 46.0 Å². The van der Waals surface area contributed by atoms with Crippen LogP contribution in [0, 0.1) is 5.92 Å². The number of hydrogen-bond acceptors (Lipinski definition) is 6. The molecule has 0 spiro atoms. The molecule has 3 amide bonds. The second kappa shape index (κ2) is 18.8. The highest BCUT2D eigenvalue weighted by Gasteiger charge is 2.30. The third kappa shape index (κ3) is 17.0. The topological polar surface area (TPSA) is 154 Å². The highest BCUT2D eigenvalue weighted by molar-refractivity contribution is 5.88. The van der Waals surface area contributed by atoms with Crippen LogP contribution >= 0.6 is 0 Å². The Balaban J connectivity index is 2.73. The quantitative estimate of drug-likeness (QED) is 0.157. The van der Waals surface area contributed by atoms with Crippen LogP contribution in [-0.2, 0) is 19.1 Å². The van der Waals surface area contributed by atoms with Crippen LogP contribution in [-0.4, -0.2) is 64.4 Å². The Morgan fingerprint density at radius 1 is 0.949 bits per heavy atom. The lowest BCUT2D eigenvalue weighted by atomic mass is 9.83. The maximum absolute atomic E-state index is 12.9. The SMILES string of the molecule is CCCCCCCCNC(=O)[C@H](CCC(=O)O)NC(=O)CC(O)C(CC1CCCCC1)NC(=O)OC(C)(C)C. The second-order valence-electron chi connectivity index (χ2n) is 11.9. The molecule has 10 nitrogen and oxygen atoms in total. The number of alkyl carbamates (subject to hydrolysis) is 1. The zero-order valence-electron chi connectivity index (χ0n) is 24.6. The van der Waals surface area contributed by atoms with E-state index in [9.17, 15) is 24.3 Å². The summed E-state index contributed by atoms with van der Waals surface area (Å²) in [6.45, 7) is 7.86. The Kier molecular flexibility index (Phi) is 16.7. The Labute approximate surface area is 234 Å². The number of hydrogen-bond donors (Lipinski definition) is 5. The summed E-state index contributed by atoms with van der Waals surface area (Å²) in [5.41, 5.74) is -0.706. The molecule has 0 saturated heterocycles. The third-order valence-electron chi connectivity index (χ3n) is 7.00. The van der Waals surface area contributed by atoms with Gasteiger partial charge >= 0.3 is 12.1 Å². The monoisotopic (exact) mass is 555 g/mol. The number of carboxylic acids is 1. The molecular weight excluding hydrogens is 502 g/mol. The number of carbonyl (C=O) groups excluding carboxylic acids is 3. The van der Waals surface area contributed by atoms with E-state index in [0.29, 0.717) is 18.9 Å². The molecule has 1 aliphatic carbocycles. The number of rotatable bonds is 18. The average Bonchev–Trinajstić information content (AvgIpc) is 2.84. The molecule has 3 atom stereocenters. The van der Waals surface area contributed by atoms with Crippen LogP contribution in [0.25, 0.3) is 0 Å². The van der Waals surface area contributed by atoms with Gasteiger partial charge in [-0.25, -0.2) is 4.79 Å². The van der Waals surface area contributed by atoms with E-state index in [2.05, 4.69) is 22.9 Å². The van der Waals surface area contributed by atoms with Gasteiger partial charge in [0.2, 0.25) is 11.8 Å². The van der Waals surface area contributed by atoms with E-state index in [0.717, 1.165) is 57.8 Å². The molecule has 2 unspecified atom stereocenters. The smallest absolute Gasteiger partial charge is 0.407 e. The van der Waals surface area contributed by atoms with E-state index in [-0.39, 0.29) is 19.3 Å². The van der Waals surface area contributed by atoms with Gasteiger partial charge in [0.15, 0.2) is 0 Å². The van der Waals surface area contributed by atoms with E-state index in [4.69, 9.17) is 9.84 Å². The van der Waals surface area contributed by atoms with Gasteiger partial charge in [-0.2, -0.15) is 0 Å². The van der Waals surface area contributed by atoms with Crippen molar-refractivity contribution >= 4 is 23.9 Å². The van der Waals surface area contributed by atoms with Crippen molar-refractivity contribution < 1.29 is 34.1 Å². The van der Waals surface area contributed by atoms with Gasteiger partial charge in [0.05, 0.1) is 18.6 Å². The number of aliphatic carboxylic acids is 1.